The third-order valence-electron chi connectivity index (χ3n) is 6.86. The van der Waals surface area contributed by atoms with Crippen molar-refractivity contribution < 1.29 is 9.47 Å². The van der Waals surface area contributed by atoms with E-state index in [1.54, 1.807) is 24.1 Å². The number of benzene rings is 3. The van der Waals surface area contributed by atoms with Crippen LogP contribution in [0.25, 0.3) is 22.2 Å². The lowest BCUT2D eigenvalue weighted by Crippen LogP contribution is -2.25. The molecule has 7 heteroatoms. The van der Waals surface area contributed by atoms with E-state index in [1.807, 2.05) is 101 Å². The van der Waals surface area contributed by atoms with Crippen molar-refractivity contribution >= 4 is 22.6 Å². The summed E-state index contributed by atoms with van der Waals surface area (Å²) in [6.07, 6.45) is 1.58. The highest BCUT2D eigenvalue weighted by atomic mass is 35.5. The Labute approximate surface area is 240 Å². The Morgan fingerprint density at radius 1 is 0.950 bits per heavy atom. The number of methoxy groups -OCH3 is 1. The van der Waals surface area contributed by atoms with Gasteiger partial charge in [0.05, 0.1) is 19.5 Å². The first-order valence-corrected chi connectivity index (χ1v) is 13.7. The van der Waals surface area contributed by atoms with Crippen LogP contribution in [0.15, 0.2) is 83.9 Å². The Balaban J connectivity index is 0.00000181. The molecule has 0 saturated carbocycles. The topological polar surface area (TPSA) is 66.2 Å². The van der Waals surface area contributed by atoms with Crippen LogP contribution < -0.4 is 15.0 Å². The summed E-state index contributed by atoms with van der Waals surface area (Å²) >= 11 is 6.48. The number of rotatable bonds is 7. The van der Waals surface area contributed by atoms with Gasteiger partial charge in [-0.3, -0.25) is 9.36 Å². The zero-order valence-corrected chi connectivity index (χ0v) is 24.5. The molecule has 1 atom stereocenters. The molecule has 2 heterocycles. The van der Waals surface area contributed by atoms with Crippen molar-refractivity contribution in [2.45, 2.75) is 47.3 Å². The molecule has 0 aliphatic carbocycles. The molecule has 0 amide bonds. The minimum atomic E-state index is -0.257. The van der Waals surface area contributed by atoms with E-state index >= 15 is 0 Å². The van der Waals surface area contributed by atoms with Crippen LogP contribution >= 0.6 is 11.6 Å². The molecule has 1 unspecified atom stereocenters. The first-order chi connectivity index (χ1) is 19.4. The fraction of sp³-hybridized carbons (Fsp3) is 0.242. The lowest BCUT2D eigenvalue weighted by Gasteiger charge is -2.19. The van der Waals surface area contributed by atoms with E-state index in [9.17, 15) is 4.79 Å². The number of aryl methyl sites for hydroxylation is 1. The maximum absolute atomic E-state index is 13.7. The van der Waals surface area contributed by atoms with Crippen molar-refractivity contribution in [2.75, 3.05) is 7.11 Å². The van der Waals surface area contributed by atoms with Gasteiger partial charge in [0.15, 0.2) is 5.52 Å². The highest BCUT2D eigenvalue weighted by Crippen LogP contribution is 2.37. The number of nitrogens with zero attached hydrogens (tertiary/aromatic N) is 3. The fourth-order valence-electron chi connectivity index (χ4n) is 4.73. The molecule has 0 radical (unpaired) electrons. The molecule has 6 nitrogen and oxygen atoms in total. The molecule has 40 heavy (non-hydrogen) atoms. The van der Waals surface area contributed by atoms with Gasteiger partial charge >= 0.3 is 0 Å². The first kappa shape index (κ1) is 28.8. The Bertz CT molecular complexity index is 1670. The maximum Gasteiger partial charge on any atom is 0.280 e. The summed E-state index contributed by atoms with van der Waals surface area (Å²) in [5, 5.41) is 0.232. The van der Waals surface area contributed by atoms with E-state index in [4.69, 9.17) is 26.1 Å². The molecule has 206 valence electrons. The number of fused-ring (bicyclic) bond motifs is 1. The van der Waals surface area contributed by atoms with E-state index in [0.29, 0.717) is 12.1 Å². The Kier molecular flexibility index (Phi) is 9.22. The highest BCUT2D eigenvalue weighted by molar-refractivity contribution is 6.30. The van der Waals surface area contributed by atoms with Crippen molar-refractivity contribution in [3.63, 3.8) is 0 Å². The molecule has 0 spiro atoms. The number of hydrogen-bond donors (Lipinski definition) is 0. The Morgan fingerprint density at radius 2 is 1.65 bits per heavy atom. The number of pyridine rings is 1. The zero-order chi connectivity index (χ0) is 28.8. The van der Waals surface area contributed by atoms with Gasteiger partial charge in [-0.05, 0) is 72.9 Å². The average molecular weight is 556 g/mol. The summed E-state index contributed by atoms with van der Waals surface area (Å²) in [7, 11) is 1.62. The van der Waals surface area contributed by atoms with E-state index in [1.165, 1.54) is 0 Å². The summed E-state index contributed by atoms with van der Waals surface area (Å²) < 4.78 is 13.0. The number of ether oxygens (including phenoxy) is 2. The molecular formula is C33H34ClN3O3. The average Bonchev–Trinajstić information content (AvgIpc) is 2.98. The molecule has 0 saturated heterocycles. The molecule has 0 N–H and O–H groups in total. The third-order valence-corrected chi connectivity index (χ3v) is 7.05. The van der Waals surface area contributed by atoms with Crippen LogP contribution in [-0.4, -0.2) is 21.6 Å². The van der Waals surface area contributed by atoms with Gasteiger partial charge in [-0.1, -0.05) is 74.0 Å². The number of halogens is 1. The van der Waals surface area contributed by atoms with E-state index in [0.717, 1.165) is 44.9 Å². The number of hydrogen-bond acceptors (Lipinski definition) is 5. The van der Waals surface area contributed by atoms with Crippen molar-refractivity contribution in [1.82, 2.24) is 14.5 Å². The molecule has 0 aliphatic rings. The van der Waals surface area contributed by atoms with Gasteiger partial charge in [-0.2, -0.15) is 0 Å². The Morgan fingerprint density at radius 3 is 2.33 bits per heavy atom. The van der Waals surface area contributed by atoms with Gasteiger partial charge in [0.25, 0.3) is 5.56 Å². The second kappa shape index (κ2) is 12.8. The predicted molar refractivity (Wildman–Crippen MR) is 163 cm³/mol. The van der Waals surface area contributed by atoms with Gasteiger partial charge in [0, 0.05) is 5.56 Å². The van der Waals surface area contributed by atoms with Crippen molar-refractivity contribution in [2.24, 2.45) is 0 Å². The molecular weight excluding hydrogens is 522 g/mol. The van der Waals surface area contributed by atoms with Crippen LogP contribution in [-0.2, 0) is 6.61 Å². The summed E-state index contributed by atoms with van der Waals surface area (Å²) in [4.78, 5) is 22.8. The zero-order valence-electron chi connectivity index (χ0n) is 23.7. The van der Waals surface area contributed by atoms with Gasteiger partial charge in [0.1, 0.15) is 28.8 Å². The molecule has 0 bridgehead atoms. The predicted octanol–water partition coefficient (Wildman–Crippen LogP) is 7.95. The summed E-state index contributed by atoms with van der Waals surface area (Å²) in [6.45, 7) is 10.4. The quantitative estimate of drug-likeness (QED) is 0.191. The highest BCUT2D eigenvalue weighted by Gasteiger charge is 2.20. The molecule has 5 rings (SSSR count). The Hall–Kier alpha value is -4.16. The van der Waals surface area contributed by atoms with Crippen molar-refractivity contribution in [3.8, 4) is 22.6 Å². The second-order valence-corrected chi connectivity index (χ2v) is 9.64. The van der Waals surface area contributed by atoms with Crippen LogP contribution in [0.3, 0.4) is 0 Å². The van der Waals surface area contributed by atoms with Crippen LogP contribution in [0.2, 0.25) is 5.15 Å². The minimum Gasteiger partial charge on any atom is -0.497 e. The lowest BCUT2D eigenvalue weighted by molar-refractivity contribution is 0.304. The maximum atomic E-state index is 13.7. The smallest absolute Gasteiger partial charge is 0.280 e. The monoisotopic (exact) mass is 555 g/mol. The van der Waals surface area contributed by atoms with E-state index < -0.39 is 0 Å². The fourth-order valence-corrected chi connectivity index (χ4v) is 4.92. The van der Waals surface area contributed by atoms with Crippen molar-refractivity contribution in [1.29, 1.82) is 0 Å². The number of aromatic nitrogens is 3. The minimum absolute atomic E-state index is 0.227. The molecule has 5 aromatic rings. The van der Waals surface area contributed by atoms with Crippen LogP contribution in [0.5, 0.6) is 11.5 Å². The summed E-state index contributed by atoms with van der Waals surface area (Å²) in [5.41, 5.74) is 6.16. The van der Waals surface area contributed by atoms with Crippen LogP contribution in [0.4, 0.5) is 0 Å². The lowest BCUT2D eigenvalue weighted by atomic mass is 9.94. The molecule has 3 aromatic carbocycles. The van der Waals surface area contributed by atoms with Crippen LogP contribution in [0, 0.1) is 13.8 Å². The van der Waals surface area contributed by atoms with Gasteiger partial charge in [-0.15, -0.1) is 0 Å². The van der Waals surface area contributed by atoms with Gasteiger partial charge < -0.3 is 9.47 Å². The third kappa shape index (κ3) is 5.87. The summed E-state index contributed by atoms with van der Waals surface area (Å²) in [5.74, 6) is 1.51. The SMILES string of the molecule is CC.COc1ccc(C(C)n2cnc3c(-c4c(C)ccc(OCc5ccccc5)c4C)cc(Cl)nc3c2=O)cc1. The standard InChI is InChI=1S/C31H28ClN3O3.C2H6/c1-19-10-15-26(38-17-22-8-6-5-7-9-22)20(2)28(19)25-16-27(32)34-30-29(25)33-18-35(31(30)36)21(3)23-11-13-24(37-4)14-12-23;1-2/h5-16,18,21H,17H2,1-4H3;1-2H3. The first-order valence-electron chi connectivity index (χ1n) is 13.4. The van der Waals surface area contributed by atoms with Gasteiger partial charge in [-0.25, -0.2) is 9.97 Å². The van der Waals surface area contributed by atoms with Crippen molar-refractivity contribution in [3.05, 3.63) is 117 Å². The largest absolute Gasteiger partial charge is 0.497 e. The van der Waals surface area contributed by atoms with Crippen LogP contribution in [0.1, 0.15) is 49.1 Å². The molecule has 0 aliphatic heterocycles. The molecule has 0 fully saturated rings. The van der Waals surface area contributed by atoms with E-state index in [2.05, 4.69) is 4.98 Å². The summed E-state index contributed by atoms with van der Waals surface area (Å²) in [6, 6.07) is 23.1. The van der Waals surface area contributed by atoms with E-state index in [-0.39, 0.29) is 22.3 Å². The van der Waals surface area contributed by atoms with Gasteiger partial charge in [0.2, 0.25) is 0 Å². The normalized spacial score (nSPS) is 11.5. The second-order valence-electron chi connectivity index (χ2n) is 9.25. The molecule has 2 aromatic heterocycles.